The van der Waals surface area contributed by atoms with E-state index in [0.29, 0.717) is 20.6 Å². The number of thiophene rings is 1. The maximum atomic E-state index is 12.5. The Hall–Kier alpha value is -2.19. The van der Waals surface area contributed by atoms with Crippen LogP contribution in [0, 0.1) is 0 Å². The van der Waals surface area contributed by atoms with Gasteiger partial charge in [0.2, 0.25) is 0 Å². The van der Waals surface area contributed by atoms with Gasteiger partial charge in [-0.25, -0.2) is 4.79 Å². The third-order valence-electron chi connectivity index (χ3n) is 3.39. The molecule has 132 valence electrons. The lowest BCUT2D eigenvalue weighted by Crippen LogP contribution is -2.33. The highest BCUT2D eigenvalue weighted by atomic mass is 35.5. The van der Waals surface area contributed by atoms with E-state index in [1.54, 1.807) is 30.3 Å². The minimum Gasteiger partial charge on any atom is -0.478 e. The zero-order valence-corrected chi connectivity index (χ0v) is 16.0. The van der Waals surface area contributed by atoms with E-state index in [1.165, 1.54) is 23.5 Å². The number of carboxylic acid groups (broad SMARTS) is 1. The zero-order chi connectivity index (χ0) is 18.8. The molecule has 1 amide bonds. The van der Waals surface area contributed by atoms with E-state index in [4.69, 9.17) is 40.5 Å². The molecule has 0 radical (unpaired) electrons. The van der Waals surface area contributed by atoms with Crippen molar-refractivity contribution in [2.75, 3.05) is 5.32 Å². The van der Waals surface area contributed by atoms with Crippen molar-refractivity contribution in [2.45, 2.75) is 0 Å². The second kappa shape index (κ2) is 7.59. The van der Waals surface area contributed by atoms with Gasteiger partial charge in [-0.1, -0.05) is 35.3 Å². The molecule has 0 unspecified atom stereocenters. The van der Waals surface area contributed by atoms with Gasteiger partial charge in [-0.05, 0) is 42.5 Å². The van der Waals surface area contributed by atoms with E-state index in [1.807, 2.05) is 0 Å². The molecule has 0 saturated carbocycles. The summed E-state index contributed by atoms with van der Waals surface area (Å²) in [7, 11) is 0. The minimum atomic E-state index is -1.06. The molecule has 0 spiro atoms. The molecule has 3 aromatic rings. The van der Waals surface area contributed by atoms with E-state index < -0.39 is 11.9 Å². The number of carbonyl (C=O) groups is 2. The van der Waals surface area contributed by atoms with Gasteiger partial charge in [-0.3, -0.25) is 10.1 Å². The van der Waals surface area contributed by atoms with Gasteiger partial charge in [-0.15, -0.1) is 11.3 Å². The Morgan fingerprint density at radius 1 is 1.12 bits per heavy atom. The predicted octanol–water partition coefficient (Wildman–Crippen LogP) is 5.03. The van der Waals surface area contributed by atoms with E-state index in [2.05, 4.69) is 10.6 Å². The molecule has 0 aliphatic heterocycles. The molecule has 9 heteroatoms. The summed E-state index contributed by atoms with van der Waals surface area (Å²) in [5.41, 5.74) is 0.554. The van der Waals surface area contributed by atoms with Crippen LogP contribution in [0.25, 0.3) is 10.1 Å². The van der Waals surface area contributed by atoms with Gasteiger partial charge in [0.25, 0.3) is 5.91 Å². The summed E-state index contributed by atoms with van der Waals surface area (Å²) in [5, 5.41) is 16.0. The molecule has 0 saturated heterocycles. The molecule has 0 fully saturated rings. The largest absolute Gasteiger partial charge is 0.478 e. The highest BCUT2D eigenvalue weighted by Crippen LogP contribution is 2.36. The molecular formula is C17H10Cl2N2O3S2. The quantitative estimate of drug-likeness (QED) is 0.513. The van der Waals surface area contributed by atoms with Gasteiger partial charge < -0.3 is 10.4 Å². The summed E-state index contributed by atoms with van der Waals surface area (Å²) in [6, 6.07) is 11.3. The third-order valence-corrected chi connectivity index (χ3v) is 5.49. The van der Waals surface area contributed by atoms with Gasteiger partial charge >= 0.3 is 5.97 Å². The number of rotatable bonds is 3. The average molecular weight is 425 g/mol. The van der Waals surface area contributed by atoms with Gasteiger partial charge in [0.05, 0.1) is 10.6 Å². The normalized spacial score (nSPS) is 10.5. The fraction of sp³-hybridized carbons (Fsp3) is 0. The highest BCUT2D eigenvalue weighted by Gasteiger charge is 2.18. The molecule has 0 aliphatic carbocycles. The van der Waals surface area contributed by atoms with Crippen LogP contribution in [0.4, 0.5) is 5.69 Å². The van der Waals surface area contributed by atoms with Gasteiger partial charge in [0.1, 0.15) is 4.88 Å². The van der Waals surface area contributed by atoms with E-state index in [0.717, 1.165) is 10.1 Å². The van der Waals surface area contributed by atoms with Crippen LogP contribution < -0.4 is 10.6 Å². The Kier molecular flexibility index (Phi) is 5.43. The minimum absolute atomic E-state index is 0.0316. The van der Waals surface area contributed by atoms with Gasteiger partial charge in [-0.2, -0.15) is 0 Å². The number of hydrogen-bond acceptors (Lipinski definition) is 4. The van der Waals surface area contributed by atoms with Crippen molar-refractivity contribution in [2.24, 2.45) is 0 Å². The molecule has 5 nitrogen and oxygen atoms in total. The number of fused-ring (bicyclic) bond motifs is 1. The second-order valence-electron chi connectivity index (χ2n) is 5.18. The molecule has 3 N–H and O–H groups in total. The summed E-state index contributed by atoms with van der Waals surface area (Å²) in [4.78, 5) is 23.8. The fourth-order valence-corrected chi connectivity index (χ4v) is 4.14. The summed E-state index contributed by atoms with van der Waals surface area (Å²) in [6.45, 7) is 0. The number of benzene rings is 2. The Morgan fingerprint density at radius 2 is 1.88 bits per heavy atom. The molecule has 0 atom stereocenters. The lowest BCUT2D eigenvalue weighted by Gasteiger charge is -2.09. The number of amides is 1. The number of halogens is 2. The Morgan fingerprint density at radius 3 is 2.62 bits per heavy atom. The van der Waals surface area contributed by atoms with Crippen molar-refractivity contribution >= 4 is 79.5 Å². The number of thiocarbonyl (C=S) groups is 1. The highest BCUT2D eigenvalue weighted by molar-refractivity contribution is 7.80. The molecule has 0 aliphatic rings. The maximum Gasteiger partial charge on any atom is 0.335 e. The van der Waals surface area contributed by atoms with Crippen LogP contribution in [-0.2, 0) is 0 Å². The molecule has 2 aromatic carbocycles. The number of aromatic carboxylic acids is 1. The first-order chi connectivity index (χ1) is 12.3. The SMILES string of the molecule is O=C(O)c1cccc(NC(=S)NC(=O)c2sc3cc(Cl)ccc3c2Cl)c1. The number of hydrogen-bond donors (Lipinski definition) is 3. The van der Waals surface area contributed by atoms with Crippen LogP contribution in [0.5, 0.6) is 0 Å². The van der Waals surface area contributed by atoms with Gasteiger partial charge in [0.15, 0.2) is 5.11 Å². The van der Waals surface area contributed by atoms with Crippen molar-refractivity contribution in [3.05, 3.63) is 63.0 Å². The molecule has 0 bridgehead atoms. The van der Waals surface area contributed by atoms with Crippen molar-refractivity contribution in [3.63, 3.8) is 0 Å². The Bertz CT molecular complexity index is 1050. The van der Waals surface area contributed by atoms with E-state index in [-0.39, 0.29) is 10.7 Å². The lowest BCUT2D eigenvalue weighted by atomic mass is 10.2. The topological polar surface area (TPSA) is 78.4 Å². The molecule has 26 heavy (non-hydrogen) atoms. The van der Waals surface area contributed by atoms with Crippen LogP contribution in [0.3, 0.4) is 0 Å². The molecule has 1 heterocycles. The standard InChI is InChI=1S/C17H10Cl2N2O3S2/c18-9-4-5-11-12(7-9)26-14(13(11)19)15(22)21-17(25)20-10-3-1-2-8(6-10)16(23)24/h1-7H,(H,23,24)(H2,20,21,22,25). The first-order valence-corrected chi connectivity index (χ1v) is 9.16. The van der Waals surface area contributed by atoms with Crippen LogP contribution >= 0.6 is 46.8 Å². The molecular weight excluding hydrogens is 415 g/mol. The second-order valence-corrected chi connectivity index (χ2v) is 7.45. The van der Waals surface area contributed by atoms with Crippen molar-refractivity contribution in [1.82, 2.24) is 5.32 Å². The summed E-state index contributed by atoms with van der Waals surface area (Å²) in [5.74, 6) is -1.52. The van der Waals surface area contributed by atoms with Crippen molar-refractivity contribution < 1.29 is 14.7 Å². The maximum absolute atomic E-state index is 12.5. The molecule has 3 rings (SSSR count). The zero-order valence-electron chi connectivity index (χ0n) is 12.9. The van der Waals surface area contributed by atoms with Crippen molar-refractivity contribution in [3.8, 4) is 0 Å². The first-order valence-electron chi connectivity index (χ1n) is 7.18. The van der Waals surface area contributed by atoms with Gasteiger partial charge in [0, 0.05) is 20.8 Å². The summed E-state index contributed by atoms with van der Waals surface area (Å²) in [6.07, 6.45) is 0. The third kappa shape index (κ3) is 3.96. The van der Waals surface area contributed by atoms with E-state index >= 15 is 0 Å². The monoisotopic (exact) mass is 424 g/mol. The number of carbonyl (C=O) groups excluding carboxylic acids is 1. The fourth-order valence-electron chi connectivity index (χ4n) is 2.24. The first kappa shape index (κ1) is 18.6. The summed E-state index contributed by atoms with van der Waals surface area (Å²) < 4.78 is 0.792. The number of nitrogens with one attached hydrogen (secondary N) is 2. The van der Waals surface area contributed by atoms with Crippen molar-refractivity contribution in [1.29, 1.82) is 0 Å². The Balaban J connectivity index is 1.75. The predicted molar refractivity (Wildman–Crippen MR) is 109 cm³/mol. The smallest absolute Gasteiger partial charge is 0.335 e. The Labute approximate surface area is 167 Å². The number of carboxylic acids is 1. The average Bonchev–Trinajstić information content (AvgIpc) is 2.91. The van der Waals surface area contributed by atoms with Crippen LogP contribution in [0.1, 0.15) is 20.0 Å². The molecule has 1 aromatic heterocycles. The van der Waals surface area contributed by atoms with E-state index in [9.17, 15) is 9.59 Å². The summed E-state index contributed by atoms with van der Waals surface area (Å²) >= 11 is 18.6. The van der Waals surface area contributed by atoms with Crippen LogP contribution in [-0.4, -0.2) is 22.1 Å². The lowest BCUT2D eigenvalue weighted by molar-refractivity contribution is 0.0696. The number of anilines is 1. The van der Waals surface area contributed by atoms with Crippen LogP contribution in [0.15, 0.2) is 42.5 Å². The van der Waals surface area contributed by atoms with Crippen LogP contribution in [0.2, 0.25) is 10.0 Å².